The summed E-state index contributed by atoms with van der Waals surface area (Å²) in [7, 11) is 0. The first-order valence-corrected chi connectivity index (χ1v) is 8.15. The topological polar surface area (TPSA) is 67.8 Å². The second-order valence-electron chi connectivity index (χ2n) is 7.25. The zero-order chi connectivity index (χ0) is 17.0. The molecule has 5 nitrogen and oxygen atoms in total. The van der Waals surface area contributed by atoms with Crippen LogP contribution in [0.15, 0.2) is 18.2 Å². The van der Waals surface area contributed by atoms with E-state index in [1.165, 1.54) is 0 Å². The van der Waals surface area contributed by atoms with Gasteiger partial charge in [0.15, 0.2) is 11.5 Å². The zero-order valence-electron chi connectivity index (χ0n) is 14.4. The lowest BCUT2D eigenvalue weighted by molar-refractivity contribution is -0.140. The van der Waals surface area contributed by atoms with Gasteiger partial charge in [-0.2, -0.15) is 0 Å². The number of aliphatic carboxylic acids is 1. The van der Waals surface area contributed by atoms with Crippen molar-refractivity contribution >= 4 is 5.97 Å². The van der Waals surface area contributed by atoms with Crippen LogP contribution in [0.25, 0.3) is 0 Å². The summed E-state index contributed by atoms with van der Waals surface area (Å²) in [5.41, 5.74) is 1.05. The van der Waals surface area contributed by atoms with E-state index in [4.69, 9.17) is 9.47 Å². The van der Waals surface area contributed by atoms with E-state index in [2.05, 4.69) is 26.1 Å². The third-order valence-electron chi connectivity index (χ3n) is 4.00. The Bertz CT molecular complexity index is 550. The number of ether oxygens (including phenoxy) is 2. The second kappa shape index (κ2) is 7.21. The molecule has 2 atom stereocenters. The molecule has 2 N–H and O–H groups in total. The van der Waals surface area contributed by atoms with Gasteiger partial charge < -0.3 is 14.6 Å². The average molecular weight is 321 g/mol. The van der Waals surface area contributed by atoms with Crippen LogP contribution in [0, 0.1) is 5.41 Å². The summed E-state index contributed by atoms with van der Waals surface area (Å²) < 4.78 is 11.3. The third kappa shape index (κ3) is 4.86. The molecule has 5 heteroatoms. The predicted octanol–water partition coefficient (Wildman–Crippen LogP) is 3.39. The molecule has 1 aliphatic heterocycles. The summed E-state index contributed by atoms with van der Waals surface area (Å²) in [5, 5.41) is 12.7. The first-order valence-electron chi connectivity index (χ1n) is 8.15. The van der Waals surface area contributed by atoms with Gasteiger partial charge in [-0.15, -0.1) is 0 Å². The molecule has 0 aliphatic carbocycles. The average Bonchev–Trinajstić information content (AvgIpc) is 2.49. The van der Waals surface area contributed by atoms with Crippen LogP contribution < -0.4 is 14.8 Å². The second-order valence-corrected chi connectivity index (χ2v) is 7.25. The van der Waals surface area contributed by atoms with Crippen molar-refractivity contribution in [3.05, 3.63) is 23.8 Å². The number of carbonyl (C=O) groups is 1. The highest BCUT2D eigenvalue weighted by atomic mass is 16.6. The molecule has 0 amide bonds. The lowest BCUT2D eigenvalue weighted by Gasteiger charge is -2.27. The smallest absolute Gasteiger partial charge is 0.320 e. The molecule has 0 saturated carbocycles. The molecule has 0 radical (unpaired) electrons. The Morgan fingerprint density at radius 1 is 1.30 bits per heavy atom. The van der Waals surface area contributed by atoms with Crippen molar-refractivity contribution in [3.63, 3.8) is 0 Å². The number of fused-ring (bicyclic) bond motifs is 1. The minimum atomic E-state index is -0.817. The van der Waals surface area contributed by atoms with Gasteiger partial charge in [0.2, 0.25) is 0 Å². The van der Waals surface area contributed by atoms with Crippen LogP contribution in [0.1, 0.15) is 52.1 Å². The van der Waals surface area contributed by atoms with Gasteiger partial charge in [-0.1, -0.05) is 32.9 Å². The molecular weight excluding hydrogens is 294 g/mol. The Morgan fingerprint density at radius 2 is 2.00 bits per heavy atom. The van der Waals surface area contributed by atoms with Crippen LogP contribution in [0.4, 0.5) is 0 Å². The largest absolute Gasteiger partial charge is 0.486 e. The fourth-order valence-electron chi connectivity index (χ4n) is 2.68. The quantitative estimate of drug-likeness (QED) is 0.840. The van der Waals surface area contributed by atoms with Crippen molar-refractivity contribution in [2.24, 2.45) is 5.41 Å². The summed E-state index contributed by atoms with van der Waals surface area (Å²) in [4.78, 5) is 11.6. The molecule has 1 aliphatic rings. The van der Waals surface area contributed by atoms with Crippen LogP contribution in [-0.4, -0.2) is 30.3 Å². The number of nitrogens with one attached hydrogen (secondary N) is 1. The summed E-state index contributed by atoms with van der Waals surface area (Å²) in [6, 6.07) is 5.02. The number of rotatable bonds is 6. The van der Waals surface area contributed by atoms with E-state index in [1.807, 2.05) is 25.1 Å². The highest BCUT2D eigenvalue weighted by molar-refractivity contribution is 5.73. The number of para-hydroxylation sites is 1. The van der Waals surface area contributed by atoms with Crippen LogP contribution in [0.2, 0.25) is 0 Å². The molecule has 1 aromatic carbocycles. The van der Waals surface area contributed by atoms with E-state index >= 15 is 0 Å². The van der Waals surface area contributed by atoms with Gasteiger partial charge in [-0.3, -0.25) is 10.1 Å². The van der Waals surface area contributed by atoms with Crippen molar-refractivity contribution in [2.75, 3.05) is 13.2 Å². The summed E-state index contributed by atoms with van der Waals surface area (Å²) in [5.74, 6) is 0.630. The Morgan fingerprint density at radius 3 is 2.65 bits per heavy atom. The van der Waals surface area contributed by atoms with Crippen molar-refractivity contribution < 1.29 is 19.4 Å². The Hall–Kier alpha value is -1.75. The van der Waals surface area contributed by atoms with Crippen LogP contribution >= 0.6 is 0 Å². The molecule has 0 spiro atoms. The predicted molar refractivity (Wildman–Crippen MR) is 89.1 cm³/mol. The van der Waals surface area contributed by atoms with E-state index in [0.29, 0.717) is 19.6 Å². The SMILES string of the molecule is CC(NC(CCC(C)(C)C)C(=O)O)c1cccc2c1OCCO2. The Kier molecular flexibility index (Phi) is 5.52. The zero-order valence-corrected chi connectivity index (χ0v) is 14.4. The van der Waals surface area contributed by atoms with Gasteiger partial charge in [0, 0.05) is 11.6 Å². The number of carboxylic acids is 1. The molecule has 0 aromatic heterocycles. The van der Waals surface area contributed by atoms with Crippen molar-refractivity contribution in [2.45, 2.75) is 52.6 Å². The Labute approximate surface area is 138 Å². The lowest BCUT2D eigenvalue weighted by atomic mass is 9.88. The number of benzene rings is 1. The van der Waals surface area contributed by atoms with Crippen molar-refractivity contribution in [1.29, 1.82) is 0 Å². The van der Waals surface area contributed by atoms with Crippen molar-refractivity contribution in [1.82, 2.24) is 5.32 Å². The first kappa shape index (κ1) is 17.6. The van der Waals surface area contributed by atoms with E-state index < -0.39 is 12.0 Å². The van der Waals surface area contributed by atoms with Gasteiger partial charge >= 0.3 is 5.97 Å². The minimum Gasteiger partial charge on any atom is -0.486 e. The summed E-state index contributed by atoms with van der Waals surface area (Å²) >= 11 is 0. The van der Waals surface area contributed by atoms with Gasteiger partial charge in [0.25, 0.3) is 0 Å². The first-order chi connectivity index (χ1) is 10.8. The number of hydrogen-bond acceptors (Lipinski definition) is 4. The minimum absolute atomic E-state index is 0.113. The standard InChI is InChI=1S/C18H27NO4/c1-12(19-14(17(20)21)8-9-18(2,3)4)13-6-5-7-15-16(13)23-11-10-22-15/h5-7,12,14,19H,8-11H2,1-4H3,(H,20,21). The molecule has 0 fully saturated rings. The van der Waals surface area contributed by atoms with Gasteiger partial charge in [0.1, 0.15) is 19.3 Å². The van der Waals surface area contributed by atoms with Gasteiger partial charge in [-0.05, 0) is 31.2 Å². The molecule has 2 unspecified atom stereocenters. The molecule has 23 heavy (non-hydrogen) atoms. The van der Waals surface area contributed by atoms with E-state index in [0.717, 1.165) is 23.5 Å². The lowest BCUT2D eigenvalue weighted by Crippen LogP contribution is -2.39. The molecule has 1 heterocycles. The summed E-state index contributed by atoms with van der Waals surface area (Å²) in [6.07, 6.45) is 1.44. The highest BCUT2D eigenvalue weighted by Gasteiger charge is 2.25. The fourth-order valence-corrected chi connectivity index (χ4v) is 2.68. The molecule has 128 valence electrons. The highest BCUT2D eigenvalue weighted by Crippen LogP contribution is 2.37. The maximum atomic E-state index is 11.6. The van der Waals surface area contributed by atoms with E-state index in [1.54, 1.807) is 0 Å². The van der Waals surface area contributed by atoms with Crippen LogP contribution in [0.3, 0.4) is 0 Å². The van der Waals surface area contributed by atoms with Gasteiger partial charge in [-0.25, -0.2) is 0 Å². The maximum Gasteiger partial charge on any atom is 0.320 e. The molecule has 2 rings (SSSR count). The molecule has 1 aromatic rings. The summed E-state index contributed by atoms with van der Waals surface area (Å²) in [6.45, 7) is 9.38. The van der Waals surface area contributed by atoms with Crippen LogP contribution in [-0.2, 0) is 4.79 Å². The van der Waals surface area contributed by atoms with Crippen molar-refractivity contribution in [3.8, 4) is 11.5 Å². The number of carboxylic acid groups (broad SMARTS) is 1. The van der Waals surface area contributed by atoms with E-state index in [9.17, 15) is 9.90 Å². The fraction of sp³-hybridized carbons (Fsp3) is 0.611. The number of hydrogen-bond donors (Lipinski definition) is 2. The third-order valence-corrected chi connectivity index (χ3v) is 4.00. The Balaban J connectivity index is 2.10. The van der Waals surface area contributed by atoms with E-state index in [-0.39, 0.29) is 11.5 Å². The monoisotopic (exact) mass is 321 g/mol. The van der Waals surface area contributed by atoms with Crippen LogP contribution in [0.5, 0.6) is 11.5 Å². The molecule has 0 bridgehead atoms. The molecular formula is C18H27NO4. The molecule has 0 saturated heterocycles. The van der Waals surface area contributed by atoms with Gasteiger partial charge in [0.05, 0.1) is 0 Å². The maximum absolute atomic E-state index is 11.6. The normalized spacial score (nSPS) is 16.7.